The van der Waals surface area contributed by atoms with E-state index in [2.05, 4.69) is 30.8 Å². The van der Waals surface area contributed by atoms with Gasteiger partial charge in [0.2, 0.25) is 0 Å². The Bertz CT molecular complexity index is 465. The summed E-state index contributed by atoms with van der Waals surface area (Å²) < 4.78 is 2.00. The highest BCUT2D eigenvalue weighted by molar-refractivity contribution is 9.09. The molecule has 2 aromatic rings. The van der Waals surface area contributed by atoms with Crippen molar-refractivity contribution in [2.75, 3.05) is 23.8 Å². The van der Waals surface area contributed by atoms with Gasteiger partial charge >= 0.3 is 0 Å². The van der Waals surface area contributed by atoms with Crippen molar-refractivity contribution >= 4 is 32.8 Å². The maximum Gasteiger partial charge on any atom is 0.156 e. The van der Waals surface area contributed by atoms with Gasteiger partial charge in [-0.1, -0.05) is 15.9 Å². The molecule has 5 heteroatoms. The number of alkyl halides is 1. The van der Waals surface area contributed by atoms with Crippen molar-refractivity contribution < 1.29 is 0 Å². The second-order valence-corrected chi connectivity index (χ2v) is 4.26. The molecule has 0 unspecified atom stereocenters. The number of pyridine rings is 1. The molecule has 2 rings (SSSR count). The molecule has 2 heterocycles. The fraction of sp³-hybridized carbons (Fsp3) is 0.400. The van der Waals surface area contributed by atoms with Gasteiger partial charge in [0.25, 0.3) is 0 Å². The van der Waals surface area contributed by atoms with E-state index in [4.69, 9.17) is 0 Å². The van der Waals surface area contributed by atoms with Crippen molar-refractivity contribution in [3.63, 3.8) is 0 Å². The second kappa shape index (κ2) is 4.18. The minimum atomic E-state index is 0.919. The van der Waals surface area contributed by atoms with Crippen molar-refractivity contribution in [3.8, 4) is 0 Å². The number of hydrogen-bond acceptors (Lipinski definition) is 3. The molecule has 0 spiro atoms. The molecule has 0 aliphatic carbocycles. The number of rotatable bonds is 3. The summed E-state index contributed by atoms with van der Waals surface area (Å²) in [5.41, 5.74) is 2.07. The lowest BCUT2D eigenvalue weighted by Crippen LogP contribution is -2.20. The second-order valence-electron chi connectivity index (χ2n) is 3.47. The molecule has 0 aromatic carbocycles. The molecule has 0 amide bonds. The molecule has 0 bridgehead atoms. The molecular weight excluding hydrogens is 256 g/mol. The first-order valence-corrected chi connectivity index (χ1v) is 5.89. The number of fused-ring (bicyclic) bond motifs is 1. The van der Waals surface area contributed by atoms with Gasteiger partial charge in [-0.3, -0.25) is 0 Å². The molecule has 0 aliphatic heterocycles. The fourth-order valence-electron chi connectivity index (χ4n) is 1.56. The Morgan fingerprint density at radius 3 is 3.00 bits per heavy atom. The number of imidazole rings is 1. The zero-order valence-electron chi connectivity index (χ0n) is 8.81. The minimum absolute atomic E-state index is 0.919. The van der Waals surface area contributed by atoms with E-state index in [9.17, 15) is 0 Å². The highest BCUT2D eigenvalue weighted by Crippen LogP contribution is 2.21. The molecule has 0 fully saturated rings. The monoisotopic (exact) mass is 268 g/mol. The van der Waals surface area contributed by atoms with Crippen molar-refractivity contribution in [2.45, 2.75) is 0 Å². The molecule has 0 saturated carbocycles. The van der Waals surface area contributed by atoms with Crippen LogP contribution in [0.3, 0.4) is 0 Å². The smallest absolute Gasteiger partial charge is 0.156 e. The van der Waals surface area contributed by atoms with Crippen LogP contribution in [-0.4, -0.2) is 33.5 Å². The summed E-state index contributed by atoms with van der Waals surface area (Å²) >= 11 is 3.42. The van der Waals surface area contributed by atoms with Gasteiger partial charge in [0.15, 0.2) is 5.82 Å². The normalized spacial score (nSPS) is 10.9. The van der Waals surface area contributed by atoms with Gasteiger partial charge in [-0.2, -0.15) is 0 Å². The molecule has 0 radical (unpaired) electrons. The zero-order valence-corrected chi connectivity index (χ0v) is 10.4. The number of anilines is 1. The Morgan fingerprint density at radius 2 is 2.27 bits per heavy atom. The maximum atomic E-state index is 4.37. The Labute approximate surface area is 97.1 Å². The van der Waals surface area contributed by atoms with E-state index in [1.807, 2.05) is 37.3 Å². The SMILES string of the molecule is CN(CCBr)c1nccc2c1ncn2C. The molecule has 0 aliphatic rings. The molecule has 4 nitrogen and oxygen atoms in total. The highest BCUT2D eigenvalue weighted by atomic mass is 79.9. The van der Waals surface area contributed by atoms with Gasteiger partial charge in [-0.05, 0) is 6.07 Å². The highest BCUT2D eigenvalue weighted by Gasteiger charge is 2.09. The summed E-state index contributed by atoms with van der Waals surface area (Å²) in [6, 6.07) is 1.98. The standard InChI is InChI=1S/C10H13BrN4/c1-14(6-4-11)10-9-8(3-5-12-10)15(2)7-13-9/h3,5,7H,4,6H2,1-2H3. The summed E-state index contributed by atoms with van der Waals surface area (Å²) in [7, 11) is 4.02. The van der Waals surface area contributed by atoms with Crippen LogP contribution in [0.1, 0.15) is 0 Å². The first kappa shape index (κ1) is 10.4. The number of aryl methyl sites for hydroxylation is 1. The molecule has 2 aromatic heterocycles. The summed E-state index contributed by atoms with van der Waals surface area (Å²) in [5.74, 6) is 0.938. The summed E-state index contributed by atoms with van der Waals surface area (Å²) in [4.78, 5) is 10.8. The third-order valence-corrected chi connectivity index (χ3v) is 2.76. The van der Waals surface area contributed by atoms with E-state index in [0.717, 1.165) is 28.7 Å². The first-order chi connectivity index (χ1) is 7.24. The lowest BCUT2D eigenvalue weighted by Gasteiger charge is -2.16. The van der Waals surface area contributed by atoms with Crippen LogP contribution in [0.5, 0.6) is 0 Å². The van der Waals surface area contributed by atoms with E-state index >= 15 is 0 Å². The fourth-order valence-corrected chi connectivity index (χ4v) is 2.09. The van der Waals surface area contributed by atoms with Crippen LogP contribution in [0.25, 0.3) is 11.0 Å². The Kier molecular flexibility index (Phi) is 2.90. The summed E-state index contributed by atoms with van der Waals surface area (Å²) in [6.07, 6.45) is 3.64. The number of hydrogen-bond donors (Lipinski definition) is 0. The third-order valence-electron chi connectivity index (χ3n) is 2.41. The average Bonchev–Trinajstić information content (AvgIpc) is 2.61. The Balaban J connectivity index is 2.51. The van der Waals surface area contributed by atoms with Crippen LogP contribution < -0.4 is 4.90 Å². The van der Waals surface area contributed by atoms with Crippen molar-refractivity contribution in [1.82, 2.24) is 14.5 Å². The summed E-state index contributed by atoms with van der Waals surface area (Å²) in [6.45, 7) is 0.919. The van der Waals surface area contributed by atoms with Crippen molar-refractivity contribution in [1.29, 1.82) is 0 Å². The van der Waals surface area contributed by atoms with Crippen LogP contribution in [0.2, 0.25) is 0 Å². The van der Waals surface area contributed by atoms with Crippen molar-refractivity contribution in [3.05, 3.63) is 18.6 Å². The largest absolute Gasteiger partial charge is 0.357 e. The quantitative estimate of drug-likeness (QED) is 0.797. The molecule has 80 valence electrons. The van der Waals surface area contributed by atoms with Gasteiger partial charge in [0.1, 0.15) is 5.52 Å². The molecular formula is C10H13BrN4. The van der Waals surface area contributed by atoms with E-state index in [1.165, 1.54) is 0 Å². The van der Waals surface area contributed by atoms with E-state index < -0.39 is 0 Å². The predicted molar refractivity (Wildman–Crippen MR) is 65.6 cm³/mol. The van der Waals surface area contributed by atoms with Gasteiger partial charge in [-0.15, -0.1) is 0 Å². The Hall–Kier alpha value is -1.10. The lowest BCUT2D eigenvalue weighted by atomic mass is 10.3. The van der Waals surface area contributed by atoms with E-state index in [-0.39, 0.29) is 0 Å². The topological polar surface area (TPSA) is 34.0 Å². The number of aromatic nitrogens is 3. The maximum absolute atomic E-state index is 4.37. The zero-order chi connectivity index (χ0) is 10.8. The van der Waals surface area contributed by atoms with Crippen LogP contribution >= 0.6 is 15.9 Å². The van der Waals surface area contributed by atoms with Gasteiger partial charge in [0, 0.05) is 32.2 Å². The average molecular weight is 269 g/mol. The van der Waals surface area contributed by atoms with Gasteiger partial charge < -0.3 is 9.47 Å². The van der Waals surface area contributed by atoms with E-state index in [0.29, 0.717) is 0 Å². The molecule has 0 atom stereocenters. The predicted octanol–water partition coefficient (Wildman–Crippen LogP) is 1.80. The van der Waals surface area contributed by atoms with E-state index in [1.54, 1.807) is 0 Å². The number of nitrogens with zero attached hydrogens (tertiary/aromatic N) is 4. The van der Waals surface area contributed by atoms with Crippen LogP contribution in [0, 0.1) is 0 Å². The molecule has 15 heavy (non-hydrogen) atoms. The van der Waals surface area contributed by atoms with Gasteiger partial charge in [0.05, 0.1) is 11.8 Å². The van der Waals surface area contributed by atoms with Gasteiger partial charge in [-0.25, -0.2) is 9.97 Å². The van der Waals surface area contributed by atoms with Crippen LogP contribution in [0.15, 0.2) is 18.6 Å². The first-order valence-electron chi connectivity index (χ1n) is 4.77. The minimum Gasteiger partial charge on any atom is -0.357 e. The van der Waals surface area contributed by atoms with Crippen LogP contribution in [-0.2, 0) is 7.05 Å². The lowest BCUT2D eigenvalue weighted by molar-refractivity contribution is 0.946. The molecule has 0 N–H and O–H groups in total. The Morgan fingerprint density at radius 1 is 1.47 bits per heavy atom. The molecule has 0 saturated heterocycles. The van der Waals surface area contributed by atoms with Crippen molar-refractivity contribution in [2.24, 2.45) is 7.05 Å². The summed E-state index contributed by atoms with van der Waals surface area (Å²) in [5, 5.41) is 0.925. The van der Waals surface area contributed by atoms with Crippen LogP contribution in [0.4, 0.5) is 5.82 Å². The third kappa shape index (κ3) is 1.84. The number of halogens is 1.